The number of carbonyl (C=O) groups is 3. The van der Waals surface area contributed by atoms with Gasteiger partial charge in [0.1, 0.15) is 5.75 Å². The van der Waals surface area contributed by atoms with E-state index in [1.54, 1.807) is 59.4 Å². The van der Waals surface area contributed by atoms with Gasteiger partial charge < -0.3 is 15.4 Å². The number of hydrogen-bond acceptors (Lipinski definition) is 5. The van der Waals surface area contributed by atoms with E-state index < -0.39 is 5.91 Å². The lowest BCUT2D eigenvalue weighted by molar-refractivity contribution is -0.118. The topological polar surface area (TPSA) is 102 Å². The van der Waals surface area contributed by atoms with Crippen molar-refractivity contribution in [3.8, 4) is 11.4 Å². The number of para-hydroxylation sites is 2. The molecule has 0 fully saturated rings. The molecule has 1 aromatic heterocycles. The van der Waals surface area contributed by atoms with Crippen molar-refractivity contribution in [3.63, 3.8) is 0 Å². The summed E-state index contributed by atoms with van der Waals surface area (Å²) in [6, 6.07) is 23.0. The highest BCUT2D eigenvalue weighted by Crippen LogP contribution is 2.22. The Morgan fingerprint density at radius 2 is 1.59 bits per heavy atom. The van der Waals surface area contributed by atoms with E-state index >= 15 is 0 Å². The summed E-state index contributed by atoms with van der Waals surface area (Å²) < 4.78 is 7.29. The van der Waals surface area contributed by atoms with Crippen LogP contribution in [0.3, 0.4) is 0 Å². The van der Waals surface area contributed by atoms with Crippen molar-refractivity contribution in [2.45, 2.75) is 6.92 Å². The van der Waals surface area contributed by atoms with Gasteiger partial charge in [0, 0.05) is 24.5 Å². The second-order valence-corrected chi connectivity index (χ2v) is 7.43. The van der Waals surface area contributed by atoms with E-state index in [1.165, 1.54) is 13.1 Å². The number of benzene rings is 3. The van der Waals surface area contributed by atoms with Gasteiger partial charge >= 0.3 is 0 Å². The fourth-order valence-corrected chi connectivity index (χ4v) is 3.32. The van der Waals surface area contributed by atoms with Crippen molar-refractivity contribution in [2.24, 2.45) is 0 Å². The van der Waals surface area contributed by atoms with E-state index in [1.807, 2.05) is 30.3 Å². The van der Waals surface area contributed by atoms with Crippen molar-refractivity contribution < 1.29 is 19.1 Å². The molecule has 0 saturated heterocycles. The average Bonchev–Trinajstić information content (AvgIpc) is 3.33. The standard InChI is InChI=1S/C26H22N4O4/c1-18(31)28-20-8-7-9-21(14-20)29-25(32)17-34-24-13-6-5-12-23(24)26(33)19-15-27-30(16-19)22-10-3-2-4-11-22/h2-16H,17H2,1H3,(H,28,31)(H,29,32). The Morgan fingerprint density at radius 3 is 2.35 bits per heavy atom. The maximum absolute atomic E-state index is 13.1. The van der Waals surface area contributed by atoms with Gasteiger partial charge in [-0.3, -0.25) is 14.4 Å². The molecule has 0 atom stereocenters. The van der Waals surface area contributed by atoms with Gasteiger partial charge in [0.15, 0.2) is 12.4 Å². The number of rotatable bonds is 8. The molecule has 34 heavy (non-hydrogen) atoms. The molecular formula is C26H22N4O4. The first-order chi connectivity index (χ1) is 16.5. The molecule has 0 aliphatic heterocycles. The van der Waals surface area contributed by atoms with E-state index in [4.69, 9.17) is 4.74 Å². The van der Waals surface area contributed by atoms with E-state index in [9.17, 15) is 14.4 Å². The molecule has 1 heterocycles. The molecule has 2 N–H and O–H groups in total. The fraction of sp³-hybridized carbons (Fsp3) is 0.0769. The second kappa shape index (κ2) is 10.3. The third kappa shape index (κ3) is 5.55. The van der Waals surface area contributed by atoms with Crippen molar-refractivity contribution in [1.82, 2.24) is 9.78 Å². The van der Waals surface area contributed by atoms with Gasteiger partial charge in [-0.1, -0.05) is 36.4 Å². The molecule has 2 amide bonds. The Kier molecular flexibility index (Phi) is 6.78. The third-order valence-electron chi connectivity index (χ3n) is 4.82. The molecule has 0 bridgehead atoms. The van der Waals surface area contributed by atoms with Crippen LogP contribution in [-0.2, 0) is 9.59 Å². The number of nitrogens with one attached hydrogen (secondary N) is 2. The highest BCUT2D eigenvalue weighted by Gasteiger charge is 2.17. The summed E-state index contributed by atoms with van der Waals surface area (Å²) in [4.78, 5) is 36.7. The summed E-state index contributed by atoms with van der Waals surface area (Å²) in [7, 11) is 0. The average molecular weight is 454 g/mol. The Morgan fingerprint density at radius 1 is 0.882 bits per heavy atom. The normalized spacial score (nSPS) is 10.4. The lowest BCUT2D eigenvalue weighted by Crippen LogP contribution is -2.21. The first-order valence-electron chi connectivity index (χ1n) is 10.5. The van der Waals surface area contributed by atoms with Crippen LogP contribution < -0.4 is 15.4 Å². The van der Waals surface area contributed by atoms with Crippen molar-refractivity contribution in [2.75, 3.05) is 17.2 Å². The summed E-state index contributed by atoms with van der Waals surface area (Å²) in [5, 5.41) is 9.65. The van der Waals surface area contributed by atoms with Gasteiger partial charge in [0.2, 0.25) is 5.91 Å². The monoisotopic (exact) mass is 454 g/mol. The van der Waals surface area contributed by atoms with Gasteiger partial charge in [-0.25, -0.2) is 4.68 Å². The van der Waals surface area contributed by atoms with Crippen LogP contribution in [0, 0.1) is 0 Å². The van der Waals surface area contributed by atoms with E-state index in [0.717, 1.165) is 5.69 Å². The third-order valence-corrected chi connectivity index (χ3v) is 4.82. The van der Waals surface area contributed by atoms with Crippen LogP contribution >= 0.6 is 0 Å². The Hall–Kier alpha value is -4.72. The zero-order valence-electron chi connectivity index (χ0n) is 18.4. The molecule has 0 aliphatic rings. The maximum Gasteiger partial charge on any atom is 0.262 e. The lowest BCUT2D eigenvalue weighted by atomic mass is 10.1. The number of carbonyl (C=O) groups excluding carboxylic acids is 3. The van der Waals surface area contributed by atoms with Gasteiger partial charge in [0.25, 0.3) is 5.91 Å². The number of ether oxygens (including phenoxy) is 1. The summed E-state index contributed by atoms with van der Waals surface area (Å²) in [6.07, 6.45) is 3.16. The molecule has 4 aromatic rings. The predicted octanol–water partition coefficient (Wildman–Crippen LogP) is 4.08. The Bertz CT molecular complexity index is 1330. The van der Waals surface area contributed by atoms with Crippen LogP contribution in [0.25, 0.3) is 5.69 Å². The van der Waals surface area contributed by atoms with E-state index in [2.05, 4.69) is 15.7 Å². The number of anilines is 2. The molecule has 170 valence electrons. The fourth-order valence-electron chi connectivity index (χ4n) is 3.32. The van der Waals surface area contributed by atoms with Crippen LogP contribution in [0.4, 0.5) is 11.4 Å². The van der Waals surface area contributed by atoms with Crippen molar-refractivity contribution in [1.29, 1.82) is 0 Å². The zero-order valence-corrected chi connectivity index (χ0v) is 18.4. The molecule has 3 aromatic carbocycles. The minimum absolute atomic E-state index is 0.206. The van der Waals surface area contributed by atoms with Gasteiger partial charge in [-0.15, -0.1) is 0 Å². The SMILES string of the molecule is CC(=O)Nc1cccc(NC(=O)COc2ccccc2C(=O)c2cnn(-c3ccccc3)c2)c1. The lowest BCUT2D eigenvalue weighted by Gasteiger charge is -2.11. The quantitative estimate of drug-likeness (QED) is 0.391. The Balaban J connectivity index is 1.43. The van der Waals surface area contributed by atoms with Crippen LogP contribution in [0.5, 0.6) is 5.75 Å². The van der Waals surface area contributed by atoms with Gasteiger partial charge in [-0.2, -0.15) is 5.10 Å². The highest BCUT2D eigenvalue weighted by molar-refractivity contribution is 6.10. The zero-order chi connectivity index (χ0) is 23.9. The number of aromatic nitrogens is 2. The molecule has 8 nitrogen and oxygen atoms in total. The van der Waals surface area contributed by atoms with E-state index in [-0.39, 0.29) is 18.3 Å². The molecule has 4 rings (SSSR count). The summed E-state index contributed by atoms with van der Waals surface area (Å²) in [6.45, 7) is 1.11. The van der Waals surface area contributed by atoms with Crippen LogP contribution in [-0.4, -0.2) is 34.0 Å². The minimum Gasteiger partial charge on any atom is -0.483 e. The van der Waals surface area contributed by atoms with E-state index in [0.29, 0.717) is 28.3 Å². The number of hydrogen-bond donors (Lipinski definition) is 2. The molecular weight excluding hydrogens is 432 g/mol. The van der Waals surface area contributed by atoms with Crippen LogP contribution in [0.1, 0.15) is 22.8 Å². The molecule has 8 heteroatoms. The minimum atomic E-state index is -0.404. The van der Waals surface area contributed by atoms with Crippen LogP contribution in [0.2, 0.25) is 0 Å². The molecule has 0 spiro atoms. The predicted molar refractivity (Wildman–Crippen MR) is 128 cm³/mol. The van der Waals surface area contributed by atoms with Crippen molar-refractivity contribution >= 4 is 29.0 Å². The first-order valence-corrected chi connectivity index (χ1v) is 10.5. The number of nitrogens with zero attached hydrogens (tertiary/aromatic N) is 2. The van der Waals surface area contributed by atoms with Gasteiger partial charge in [0.05, 0.1) is 23.0 Å². The molecule has 0 aliphatic carbocycles. The van der Waals surface area contributed by atoms with Crippen LogP contribution in [0.15, 0.2) is 91.3 Å². The summed E-state index contributed by atoms with van der Waals surface area (Å²) >= 11 is 0. The first kappa shape index (κ1) is 22.5. The summed E-state index contributed by atoms with van der Waals surface area (Å²) in [5.41, 5.74) is 2.65. The summed E-state index contributed by atoms with van der Waals surface area (Å²) in [5.74, 6) is -0.579. The number of amides is 2. The number of ketones is 1. The second-order valence-electron chi connectivity index (χ2n) is 7.43. The smallest absolute Gasteiger partial charge is 0.262 e. The molecule has 0 radical (unpaired) electrons. The maximum atomic E-state index is 13.1. The van der Waals surface area contributed by atoms with Gasteiger partial charge in [-0.05, 0) is 42.5 Å². The molecule has 0 unspecified atom stereocenters. The Labute approximate surface area is 196 Å². The van der Waals surface area contributed by atoms with Crippen molar-refractivity contribution in [3.05, 3.63) is 102 Å². The molecule has 0 saturated carbocycles. The highest BCUT2D eigenvalue weighted by atomic mass is 16.5. The largest absolute Gasteiger partial charge is 0.483 e.